The lowest BCUT2D eigenvalue weighted by Gasteiger charge is -2.04. The first-order valence-corrected chi connectivity index (χ1v) is 9.52. The van der Waals surface area contributed by atoms with Crippen LogP contribution in [-0.4, -0.2) is 31.6 Å². The van der Waals surface area contributed by atoms with Crippen molar-refractivity contribution in [1.82, 2.24) is 25.1 Å². The van der Waals surface area contributed by atoms with E-state index < -0.39 is 0 Å². The highest BCUT2D eigenvalue weighted by molar-refractivity contribution is 7.14. The Labute approximate surface area is 169 Å². The van der Waals surface area contributed by atoms with Crippen LogP contribution in [0.15, 0.2) is 58.9 Å². The second kappa shape index (κ2) is 8.07. The minimum Gasteiger partial charge on any atom is -0.458 e. The fourth-order valence-electron chi connectivity index (χ4n) is 2.54. The zero-order chi connectivity index (χ0) is 20.2. The molecule has 146 valence electrons. The summed E-state index contributed by atoms with van der Waals surface area (Å²) in [6, 6.07) is 10.6. The van der Waals surface area contributed by atoms with Gasteiger partial charge in [-0.15, -0.1) is 11.3 Å². The molecule has 10 heteroatoms. The van der Waals surface area contributed by atoms with E-state index in [1.54, 1.807) is 52.8 Å². The zero-order valence-corrected chi connectivity index (χ0v) is 16.1. The van der Waals surface area contributed by atoms with Gasteiger partial charge in [0.15, 0.2) is 10.9 Å². The van der Waals surface area contributed by atoms with E-state index in [1.165, 1.54) is 24.6 Å². The average molecular weight is 408 g/mol. The fourth-order valence-corrected chi connectivity index (χ4v) is 3.24. The molecule has 0 spiro atoms. The number of amides is 2. The number of thiazole rings is 1. The molecule has 0 saturated heterocycles. The first-order valence-electron chi connectivity index (χ1n) is 8.64. The minimum atomic E-state index is -0.262. The number of benzene rings is 1. The summed E-state index contributed by atoms with van der Waals surface area (Å²) in [5, 5.41) is 11.8. The predicted molar refractivity (Wildman–Crippen MR) is 107 cm³/mol. The average Bonchev–Trinajstić information content (AvgIpc) is 3.47. The van der Waals surface area contributed by atoms with Crippen molar-refractivity contribution in [3.8, 4) is 17.1 Å². The first-order chi connectivity index (χ1) is 14.1. The molecule has 4 rings (SSSR count). The van der Waals surface area contributed by atoms with Crippen molar-refractivity contribution in [2.45, 2.75) is 13.5 Å². The van der Waals surface area contributed by atoms with Gasteiger partial charge in [0, 0.05) is 17.9 Å². The maximum Gasteiger partial charge on any atom is 0.257 e. The third-order valence-electron chi connectivity index (χ3n) is 3.96. The highest BCUT2D eigenvalue weighted by atomic mass is 32.1. The van der Waals surface area contributed by atoms with E-state index in [2.05, 4.69) is 25.7 Å². The first kappa shape index (κ1) is 18.6. The van der Waals surface area contributed by atoms with Crippen LogP contribution in [0, 0.1) is 0 Å². The second-order valence-electron chi connectivity index (χ2n) is 6.05. The Morgan fingerprint density at radius 2 is 2.00 bits per heavy atom. The molecule has 0 aliphatic heterocycles. The summed E-state index contributed by atoms with van der Waals surface area (Å²) in [5.41, 5.74) is 1.92. The molecule has 29 heavy (non-hydrogen) atoms. The van der Waals surface area contributed by atoms with Crippen molar-refractivity contribution < 1.29 is 14.0 Å². The summed E-state index contributed by atoms with van der Waals surface area (Å²) in [4.78, 5) is 31.7. The number of hydrogen-bond donors (Lipinski definition) is 2. The topological polar surface area (TPSA) is 115 Å². The van der Waals surface area contributed by atoms with Crippen molar-refractivity contribution in [3.63, 3.8) is 0 Å². The van der Waals surface area contributed by atoms with Gasteiger partial charge in [0.1, 0.15) is 24.1 Å². The van der Waals surface area contributed by atoms with Crippen LogP contribution in [0.5, 0.6) is 0 Å². The lowest BCUT2D eigenvalue weighted by molar-refractivity contribution is -0.119. The molecule has 9 nitrogen and oxygen atoms in total. The molecule has 0 fully saturated rings. The molecular formula is C19H16N6O3S. The van der Waals surface area contributed by atoms with E-state index in [-0.39, 0.29) is 11.8 Å². The zero-order valence-electron chi connectivity index (χ0n) is 15.3. The second-order valence-corrected chi connectivity index (χ2v) is 6.91. The summed E-state index contributed by atoms with van der Waals surface area (Å²) < 4.78 is 7.28. The summed E-state index contributed by atoms with van der Waals surface area (Å²) in [5.74, 6) is 0.804. The van der Waals surface area contributed by atoms with Gasteiger partial charge in [-0.1, -0.05) is 0 Å². The number of hydrogen-bond acceptors (Lipinski definition) is 7. The fraction of sp³-hybridized carbons (Fsp3) is 0.105. The van der Waals surface area contributed by atoms with Crippen molar-refractivity contribution >= 4 is 28.3 Å². The molecule has 0 atom stereocenters. The lowest BCUT2D eigenvalue weighted by atomic mass is 10.2. The number of nitrogens with one attached hydrogen (secondary N) is 2. The Kier molecular flexibility index (Phi) is 5.16. The van der Waals surface area contributed by atoms with Gasteiger partial charge >= 0.3 is 0 Å². The Balaban J connectivity index is 1.41. The van der Waals surface area contributed by atoms with Gasteiger partial charge in [0.05, 0.1) is 12.2 Å². The van der Waals surface area contributed by atoms with E-state index in [0.717, 1.165) is 5.69 Å². The number of nitrogens with zero attached hydrogens (tertiary/aromatic N) is 4. The number of aromatic nitrogens is 4. The van der Waals surface area contributed by atoms with Crippen LogP contribution in [0.1, 0.15) is 23.0 Å². The number of carbonyl (C=O) groups excluding carboxylic acids is 2. The van der Waals surface area contributed by atoms with Crippen molar-refractivity contribution in [1.29, 1.82) is 0 Å². The van der Waals surface area contributed by atoms with Crippen molar-refractivity contribution in [2.24, 2.45) is 0 Å². The number of furan rings is 1. The highest BCUT2D eigenvalue weighted by Crippen LogP contribution is 2.27. The summed E-state index contributed by atoms with van der Waals surface area (Å²) >= 11 is 1.30. The summed E-state index contributed by atoms with van der Waals surface area (Å²) in [7, 11) is 0. The number of anilines is 1. The molecule has 1 aromatic carbocycles. The summed E-state index contributed by atoms with van der Waals surface area (Å²) in [6.07, 6.45) is 3.03. The Hall–Kier alpha value is -3.79. The van der Waals surface area contributed by atoms with E-state index in [1.807, 2.05) is 0 Å². The van der Waals surface area contributed by atoms with Crippen LogP contribution in [0.4, 0.5) is 5.13 Å². The molecular weight excluding hydrogens is 392 g/mol. The Morgan fingerprint density at radius 1 is 1.17 bits per heavy atom. The van der Waals surface area contributed by atoms with Crippen LogP contribution < -0.4 is 10.6 Å². The van der Waals surface area contributed by atoms with Gasteiger partial charge < -0.3 is 9.73 Å². The van der Waals surface area contributed by atoms with E-state index >= 15 is 0 Å². The third-order valence-corrected chi connectivity index (χ3v) is 4.72. The van der Waals surface area contributed by atoms with Crippen LogP contribution >= 0.6 is 11.3 Å². The van der Waals surface area contributed by atoms with Gasteiger partial charge in [0.25, 0.3) is 5.91 Å². The van der Waals surface area contributed by atoms with Crippen molar-refractivity contribution in [2.75, 3.05) is 5.32 Å². The molecule has 2 amide bonds. The minimum absolute atomic E-state index is 0.129. The van der Waals surface area contributed by atoms with Gasteiger partial charge in [-0.3, -0.25) is 14.9 Å². The van der Waals surface area contributed by atoms with Crippen LogP contribution in [-0.2, 0) is 11.3 Å². The smallest absolute Gasteiger partial charge is 0.257 e. The monoisotopic (exact) mass is 408 g/mol. The lowest BCUT2D eigenvalue weighted by Crippen LogP contribution is -2.18. The quantitative estimate of drug-likeness (QED) is 0.507. The molecule has 0 saturated carbocycles. The molecule has 0 radical (unpaired) electrons. The number of rotatable bonds is 6. The maximum atomic E-state index is 12.5. The standard InChI is InChI=1S/C19H16N6O3S/c1-12(26)21-8-15-6-7-17(28-15)16-9-29-19(23-16)24-18(27)13-2-4-14(5-3-13)25-11-20-10-22-25/h2-7,9-11H,8H2,1H3,(H,21,26)(H,23,24,27). The van der Waals surface area contributed by atoms with Gasteiger partial charge in [-0.05, 0) is 36.4 Å². The molecule has 0 aliphatic carbocycles. The molecule has 2 N–H and O–H groups in total. The highest BCUT2D eigenvalue weighted by Gasteiger charge is 2.13. The molecule has 0 unspecified atom stereocenters. The largest absolute Gasteiger partial charge is 0.458 e. The summed E-state index contributed by atoms with van der Waals surface area (Å²) in [6.45, 7) is 1.76. The molecule has 3 heterocycles. The Bertz CT molecular complexity index is 1130. The molecule has 0 aliphatic rings. The maximum absolute atomic E-state index is 12.5. The van der Waals surface area contributed by atoms with Gasteiger partial charge in [0.2, 0.25) is 5.91 Å². The van der Waals surface area contributed by atoms with E-state index in [0.29, 0.717) is 34.5 Å². The van der Waals surface area contributed by atoms with Crippen LogP contribution in [0.2, 0.25) is 0 Å². The Morgan fingerprint density at radius 3 is 2.72 bits per heavy atom. The van der Waals surface area contributed by atoms with Crippen LogP contribution in [0.25, 0.3) is 17.1 Å². The van der Waals surface area contributed by atoms with Gasteiger partial charge in [-0.25, -0.2) is 14.6 Å². The normalized spacial score (nSPS) is 10.7. The third kappa shape index (κ3) is 4.38. The molecule has 0 bridgehead atoms. The van der Waals surface area contributed by atoms with Crippen LogP contribution in [0.3, 0.4) is 0 Å². The SMILES string of the molecule is CC(=O)NCc1ccc(-c2csc(NC(=O)c3ccc(-n4cncn4)cc3)n2)o1. The van der Waals surface area contributed by atoms with Crippen molar-refractivity contribution in [3.05, 3.63) is 65.8 Å². The van der Waals surface area contributed by atoms with E-state index in [4.69, 9.17) is 4.42 Å². The van der Waals surface area contributed by atoms with Gasteiger partial charge in [-0.2, -0.15) is 5.10 Å². The molecule has 4 aromatic rings. The molecule has 3 aromatic heterocycles. The predicted octanol–water partition coefficient (Wildman–Crippen LogP) is 2.87. The number of carbonyl (C=O) groups is 2. The van der Waals surface area contributed by atoms with E-state index in [9.17, 15) is 9.59 Å².